The number of carbonyl (C=O) groups is 2. The molecule has 268 valence electrons. The number of hydrogen-bond acceptors (Lipinski definition) is 8. The normalized spacial score (nSPS) is 14.1. The lowest BCUT2D eigenvalue weighted by atomic mass is 9.92. The standard InChI is InChI=1S/C39H40N6O5S2/c1-39(2,3)50-38(47)45-20-18-44(19-21-45)25-33(46)41-28-14-12-26(13-15-28)31-24-40-37-36(35(31)27-9-6-5-7-10-27)30-23-29(16-17-32(30)42-37)43(4)52(48,49)34-11-8-22-51-34/h5-17,22-24H,18-21,25H2,1-4H3,(H,40,42)(H,41,46). The summed E-state index contributed by atoms with van der Waals surface area (Å²) in [4.78, 5) is 37.4. The van der Waals surface area contributed by atoms with E-state index in [0.29, 0.717) is 43.2 Å². The molecule has 1 aliphatic rings. The molecule has 52 heavy (non-hydrogen) atoms. The van der Waals surface area contributed by atoms with Crippen LogP contribution in [0.25, 0.3) is 44.2 Å². The highest BCUT2D eigenvalue weighted by atomic mass is 32.2. The van der Waals surface area contributed by atoms with Gasteiger partial charge in [-0.25, -0.2) is 18.2 Å². The van der Waals surface area contributed by atoms with Gasteiger partial charge in [-0.15, -0.1) is 11.3 Å². The number of rotatable bonds is 8. The van der Waals surface area contributed by atoms with Crippen molar-refractivity contribution in [1.29, 1.82) is 0 Å². The molecule has 1 aliphatic heterocycles. The van der Waals surface area contributed by atoms with Crippen LogP contribution in [0.3, 0.4) is 0 Å². The first-order valence-electron chi connectivity index (χ1n) is 17.0. The van der Waals surface area contributed by atoms with Crippen molar-refractivity contribution in [2.75, 3.05) is 49.4 Å². The highest BCUT2D eigenvalue weighted by Crippen LogP contribution is 2.42. The number of thiophene rings is 1. The lowest BCUT2D eigenvalue weighted by Crippen LogP contribution is -2.51. The Bertz CT molecular complexity index is 2340. The molecule has 11 nitrogen and oxygen atoms in total. The molecule has 13 heteroatoms. The summed E-state index contributed by atoms with van der Waals surface area (Å²) in [6.45, 7) is 7.93. The molecule has 0 bridgehead atoms. The maximum absolute atomic E-state index is 13.4. The van der Waals surface area contributed by atoms with E-state index in [9.17, 15) is 18.0 Å². The van der Waals surface area contributed by atoms with Crippen LogP contribution in [-0.2, 0) is 19.6 Å². The van der Waals surface area contributed by atoms with Crippen LogP contribution in [0, 0.1) is 0 Å². The third-order valence-corrected chi connectivity index (χ3v) is 12.2. The third-order valence-electron chi connectivity index (χ3n) is 9.01. The SMILES string of the molecule is CN(c1ccc2[nH]c3ncc(-c4ccc(NC(=O)CN5CCN(C(=O)OC(C)(C)C)CC5)cc4)c(-c4ccccc4)c3c2c1)S(=O)(=O)c1cccs1. The first kappa shape index (κ1) is 35.2. The number of amides is 2. The molecule has 0 unspecified atom stereocenters. The summed E-state index contributed by atoms with van der Waals surface area (Å²) >= 11 is 1.19. The predicted octanol–water partition coefficient (Wildman–Crippen LogP) is 7.43. The molecule has 4 heterocycles. The monoisotopic (exact) mass is 736 g/mol. The third kappa shape index (κ3) is 7.25. The molecule has 6 aromatic rings. The van der Waals surface area contributed by atoms with Crippen molar-refractivity contribution in [1.82, 2.24) is 19.8 Å². The number of benzene rings is 3. The van der Waals surface area contributed by atoms with E-state index in [1.54, 1.807) is 35.5 Å². The number of aromatic nitrogens is 2. The molecule has 7 rings (SSSR count). The van der Waals surface area contributed by atoms with Crippen molar-refractivity contribution in [3.8, 4) is 22.3 Å². The van der Waals surface area contributed by atoms with Gasteiger partial charge in [-0.2, -0.15) is 0 Å². The summed E-state index contributed by atoms with van der Waals surface area (Å²) in [6, 6.07) is 26.7. The van der Waals surface area contributed by atoms with Crippen LogP contribution in [0.2, 0.25) is 0 Å². The Morgan fingerprint density at radius 3 is 2.35 bits per heavy atom. The maximum Gasteiger partial charge on any atom is 0.410 e. The van der Waals surface area contributed by atoms with E-state index in [1.807, 2.05) is 86.5 Å². The van der Waals surface area contributed by atoms with Crippen LogP contribution >= 0.6 is 11.3 Å². The Morgan fingerprint density at radius 1 is 0.942 bits per heavy atom. The van der Waals surface area contributed by atoms with Crippen LogP contribution in [0.1, 0.15) is 20.8 Å². The number of H-pyrrole nitrogens is 1. The van der Waals surface area contributed by atoms with Gasteiger partial charge in [0.2, 0.25) is 5.91 Å². The quantitative estimate of drug-likeness (QED) is 0.166. The number of nitrogens with one attached hydrogen (secondary N) is 2. The number of aromatic amines is 1. The summed E-state index contributed by atoms with van der Waals surface area (Å²) < 4.78 is 33.9. The highest BCUT2D eigenvalue weighted by molar-refractivity contribution is 7.94. The van der Waals surface area contributed by atoms with Gasteiger partial charge in [0.1, 0.15) is 15.5 Å². The number of carbonyl (C=O) groups excluding carboxylic acids is 2. The maximum atomic E-state index is 13.4. The Balaban J connectivity index is 1.14. The lowest BCUT2D eigenvalue weighted by molar-refractivity contribution is -0.117. The summed E-state index contributed by atoms with van der Waals surface area (Å²) in [7, 11) is -2.16. The van der Waals surface area contributed by atoms with Gasteiger partial charge >= 0.3 is 6.09 Å². The zero-order valence-corrected chi connectivity index (χ0v) is 31.1. The fourth-order valence-corrected chi connectivity index (χ4v) is 8.75. The number of hydrogen-bond donors (Lipinski definition) is 2. The zero-order valence-electron chi connectivity index (χ0n) is 29.4. The molecular formula is C39H40N6O5S2. The molecule has 0 radical (unpaired) electrons. The summed E-state index contributed by atoms with van der Waals surface area (Å²) in [6.07, 6.45) is 1.52. The van der Waals surface area contributed by atoms with E-state index in [2.05, 4.69) is 22.4 Å². The van der Waals surface area contributed by atoms with Gasteiger partial charge in [0.15, 0.2) is 0 Å². The zero-order chi connectivity index (χ0) is 36.6. The molecule has 0 atom stereocenters. The molecule has 3 aromatic carbocycles. The number of anilines is 2. The topological polar surface area (TPSA) is 128 Å². The minimum atomic E-state index is -3.72. The second-order valence-electron chi connectivity index (χ2n) is 13.8. The molecule has 2 amide bonds. The number of piperazine rings is 1. The Labute approximate surface area is 306 Å². The van der Waals surface area contributed by atoms with Gasteiger partial charge in [-0.1, -0.05) is 48.5 Å². The van der Waals surface area contributed by atoms with Crippen molar-refractivity contribution in [3.05, 3.63) is 96.5 Å². The number of pyridine rings is 1. The summed E-state index contributed by atoms with van der Waals surface area (Å²) in [5, 5.41) is 6.49. The fraction of sp³-hybridized carbons (Fsp3) is 0.256. The van der Waals surface area contributed by atoms with E-state index < -0.39 is 15.6 Å². The minimum absolute atomic E-state index is 0.132. The van der Waals surface area contributed by atoms with Gasteiger partial charge < -0.3 is 19.9 Å². The number of ether oxygens (including phenoxy) is 1. The fourth-order valence-electron chi connectivity index (χ4n) is 6.40. The minimum Gasteiger partial charge on any atom is -0.444 e. The van der Waals surface area contributed by atoms with Crippen LogP contribution in [0.15, 0.2) is 101 Å². The molecule has 0 spiro atoms. The lowest BCUT2D eigenvalue weighted by Gasteiger charge is -2.35. The highest BCUT2D eigenvalue weighted by Gasteiger charge is 2.27. The van der Waals surface area contributed by atoms with Gasteiger partial charge in [0.25, 0.3) is 10.0 Å². The second kappa shape index (κ2) is 14.1. The number of fused-ring (bicyclic) bond motifs is 3. The van der Waals surface area contributed by atoms with E-state index in [4.69, 9.17) is 9.72 Å². The van der Waals surface area contributed by atoms with E-state index in [-0.39, 0.29) is 22.8 Å². The van der Waals surface area contributed by atoms with Crippen molar-refractivity contribution in [2.24, 2.45) is 0 Å². The van der Waals surface area contributed by atoms with Crippen LogP contribution < -0.4 is 9.62 Å². The molecule has 1 saturated heterocycles. The van der Waals surface area contributed by atoms with Gasteiger partial charge in [0.05, 0.1) is 12.2 Å². The Kier molecular flexibility index (Phi) is 9.51. The molecule has 2 N–H and O–H groups in total. The molecule has 0 saturated carbocycles. The van der Waals surface area contributed by atoms with Gasteiger partial charge in [-0.3, -0.25) is 14.0 Å². The van der Waals surface area contributed by atoms with Crippen LogP contribution in [0.5, 0.6) is 0 Å². The van der Waals surface area contributed by atoms with E-state index in [0.717, 1.165) is 38.5 Å². The smallest absolute Gasteiger partial charge is 0.410 e. The first-order chi connectivity index (χ1) is 24.9. The van der Waals surface area contributed by atoms with Crippen molar-refractivity contribution in [2.45, 2.75) is 30.6 Å². The number of sulfonamides is 1. The second-order valence-corrected chi connectivity index (χ2v) is 16.9. The Hall–Kier alpha value is -5.24. The van der Waals surface area contributed by atoms with Crippen molar-refractivity contribution >= 4 is 66.7 Å². The average Bonchev–Trinajstić information content (AvgIpc) is 3.80. The van der Waals surface area contributed by atoms with Crippen molar-refractivity contribution < 1.29 is 22.7 Å². The summed E-state index contributed by atoms with van der Waals surface area (Å²) in [5.74, 6) is -0.132. The molecule has 1 fully saturated rings. The Morgan fingerprint density at radius 2 is 1.67 bits per heavy atom. The van der Waals surface area contributed by atoms with Gasteiger partial charge in [-0.05, 0) is 73.7 Å². The largest absolute Gasteiger partial charge is 0.444 e. The summed E-state index contributed by atoms with van der Waals surface area (Å²) in [5.41, 5.74) is 5.93. The van der Waals surface area contributed by atoms with Crippen LogP contribution in [0.4, 0.5) is 16.2 Å². The number of nitrogens with zero attached hydrogens (tertiary/aromatic N) is 4. The molecule has 0 aliphatic carbocycles. The van der Waals surface area contributed by atoms with E-state index in [1.165, 1.54) is 15.6 Å². The molecule has 3 aromatic heterocycles. The van der Waals surface area contributed by atoms with Crippen molar-refractivity contribution in [3.63, 3.8) is 0 Å². The average molecular weight is 737 g/mol. The van der Waals surface area contributed by atoms with Crippen LogP contribution in [-0.4, -0.2) is 85.6 Å². The molecular weight excluding hydrogens is 697 g/mol. The van der Waals surface area contributed by atoms with Gasteiger partial charge in [0, 0.05) is 72.5 Å². The van der Waals surface area contributed by atoms with E-state index >= 15 is 0 Å². The predicted molar refractivity (Wildman–Crippen MR) is 207 cm³/mol. The first-order valence-corrected chi connectivity index (χ1v) is 19.3.